The number of hydrogen-bond donors (Lipinski definition) is 2. The summed E-state index contributed by atoms with van der Waals surface area (Å²) in [6.07, 6.45) is 0. The molecule has 0 aromatic heterocycles. The molecule has 16 heavy (non-hydrogen) atoms. The zero-order valence-corrected chi connectivity index (χ0v) is 9.49. The maximum atomic E-state index is 12.9. The Labute approximate surface area is 95.1 Å². The van der Waals surface area contributed by atoms with Crippen molar-refractivity contribution in [2.75, 3.05) is 26.3 Å². The third-order valence-corrected chi connectivity index (χ3v) is 2.53. The molecular weight excluding hydrogens is 209 g/mol. The molecule has 0 aliphatic heterocycles. The predicted octanol–water partition coefficient (Wildman–Crippen LogP) is 0.921. The van der Waals surface area contributed by atoms with Gasteiger partial charge < -0.3 is 10.2 Å². The van der Waals surface area contributed by atoms with E-state index >= 15 is 0 Å². The van der Waals surface area contributed by atoms with Gasteiger partial charge in [-0.2, -0.15) is 0 Å². The Bertz CT molecular complexity index is 325. The molecule has 4 heteroatoms. The smallest absolute Gasteiger partial charge is 0.123 e. The Kier molecular flexibility index (Phi) is 5.38. The fourth-order valence-corrected chi connectivity index (χ4v) is 1.63. The topological polar surface area (TPSA) is 43.7 Å². The fourth-order valence-electron chi connectivity index (χ4n) is 1.63. The van der Waals surface area contributed by atoms with Gasteiger partial charge in [0.2, 0.25) is 0 Å². The number of halogens is 1. The first kappa shape index (κ1) is 13.1. The fraction of sp³-hybridized carbons (Fsp3) is 0.500. The second-order valence-corrected chi connectivity index (χ2v) is 3.79. The van der Waals surface area contributed by atoms with E-state index in [1.807, 2.05) is 11.8 Å². The summed E-state index contributed by atoms with van der Waals surface area (Å²) in [4.78, 5) is 1.93. The molecule has 0 heterocycles. The molecule has 0 radical (unpaired) electrons. The maximum Gasteiger partial charge on any atom is 0.123 e. The summed E-state index contributed by atoms with van der Waals surface area (Å²) in [5, 5.41) is 17.7. The van der Waals surface area contributed by atoms with Gasteiger partial charge in [-0.25, -0.2) is 4.39 Å². The molecule has 0 fully saturated rings. The molecule has 0 atom stereocenters. The van der Waals surface area contributed by atoms with Crippen molar-refractivity contribution in [3.8, 4) is 0 Å². The molecule has 2 N–H and O–H groups in total. The Hall–Kier alpha value is -0.970. The predicted molar refractivity (Wildman–Crippen MR) is 60.6 cm³/mol. The van der Waals surface area contributed by atoms with Crippen molar-refractivity contribution in [1.29, 1.82) is 0 Å². The van der Waals surface area contributed by atoms with Crippen molar-refractivity contribution in [2.45, 2.75) is 13.5 Å². The molecule has 0 saturated heterocycles. The molecule has 0 unspecified atom stereocenters. The van der Waals surface area contributed by atoms with Crippen LogP contribution in [0.3, 0.4) is 0 Å². The Morgan fingerprint density at radius 2 is 1.81 bits per heavy atom. The van der Waals surface area contributed by atoms with Crippen LogP contribution in [0, 0.1) is 12.7 Å². The highest BCUT2D eigenvalue weighted by molar-refractivity contribution is 5.26. The number of aliphatic hydroxyl groups excluding tert-OH is 2. The molecule has 0 aliphatic rings. The number of hydrogen-bond acceptors (Lipinski definition) is 3. The van der Waals surface area contributed by atoms with Gasteiger partial charge in [0.1, 0.15) is 5.82 Å². The van der Waals surface area contributed by atoms with E-state index < -0.39 is 0 Å². The van der Waals surface area contributed by atoms with Crippen LogP contribution in [-0.4, -0.2) is 41.4 Å². The quantitative estimate of drug-likeness (QED) is 0.759. The number of aryl methyl sites for hydroxylation is 1. The van der Waals surface area contributed by atoms with Crippen LogP contribution in [0.4, 0.5) is 4.39 Å². The van der Waals surface area contributed by atoms with Gasteiger partial charge in [-0.1, -0.05) is 6.07 Å². The number of rotatable bonds is 6. The number of nitrogens with zero attached hydrogens (tertiary/aromatic N) is 1. The van der Waals surface area contributed by atoms with Gasteiger partial charge in [0.05, 0.1) is 13.2 Å². The van der Waals surface area contributed by atoms with Gasteiger partial charge >= 0.3 is 0 Å². The van der Waals surface area contributed by atoms with E-state index in [-0.39, 0.29) is 19.0 Å². The first-order valence-electron chi connectivity index (χ1n) is 5.36. The van der Waals surface area contributed by atoms with Crippen molar-refractivity contribution in [3.05, 3.63) is 35.1 Å². The lowest BCUT2D eigenvalue weighted by molar-refractivity contribution is 0.155. The van der Waals surface area contributed by atoms with Gasteiger partial charge in [-0.05, 0) is 30.2 Å². The first-order chi connectivity index (χ1) is 7.67. The van der Waals surface area contributed by atoms with Gasteiger partial charge in [0.15, 0.2) is 0 Å². The third-order valence-electron chi connectivity index (χ3n) is 2.53. The Morgan fingerprint density at radius 3 is 2.31 bits per heavy atom. The van der Waals surface area contributed by atoms with Crippen molar-refractivity contribution in [1.82, 2.24) is 4.90 Å². The van der Waals surface area contributed by atoms with Crippen molar-refractivity contribution < 1.29 is 14.6 Å². The molecule has 1 rings (SSSR count). The molecule has 0 saturated carbocycles. The number of benzene rings is 1. The number of aliphatic hydroxyl groups is 2. The summed E-state index contributed by atoms with van der Waals surface area (Å²) in [5.74, 6) is -0.239. The average Bonchev–Trinajstić information content (AvgIpc) is 2.23. The van der Waals surface area contributed by atoms with Crippen LogP contribution in [0.1, 0.15) is 11.1 Å². The Balaban J connectivity index is 2.68. The van der Waals surface area contributed by atoms with Gasteiger partial charge in [0.25, 0.3) is 0 Å². The van der Waals surface area contributed by atoms with Crippen LogP contribution in [0.15, 0.2) is 18.2 Å². The molecule has 1 aromatic rings. The second-order valence-electron chi connectivity index (χ2n) is 3.79. The SMILES string of the molecule is Cc1cc(F)ccc1CN(CCO)CCO. The molecule has 1 aromatic carbocycles. The van der Waals surface area contributed by atoms with Crippen LogP contribution in [0.2, 0.25) is 0 Å². The Morgan fingerprint density at radius 1 is 1.19 bits per heavy atom. The van der Waals surface area contributed by atoms with E-state index in [0.717, 1.165) is 11.1 Å². The average molecular weight is 227 g/mol. The van der Waals surface area contributed by atoms with Crippen LogP contribution in [0.5, 0.6) is 0 Å². The van der Waals surface area contributed by atoms with E-state index in [1.165, 1.54) is 12.1 Å². The second kappa shape index (κ2) is 6.58. The van der Waals surface area contributed by atoms with E-state index in [4.69, 9.17) is 10.2 Å². The van der Waals surface area contributed by atoms with E-state index in [9.17, 15) is 4.39 Å². The van der Waals surface area contributed by atoms with Crippen LogP contribution < -0.4 is 0 Å². The van der Waals surface area contributed by atoms with Crippen molar-refractivity contribution >= 4 is 0 Å². The third kappa shape index (κ3) is 3.89. The monoisotopic (exact) mass is 227 g/mol. The minimum Gasteiger partial charge on any atom is -0.395 e. The van der Waals surface area contributed by atoms with Crippen molar-refractivity contribution in [3.63, 3.8) is 0 Å². The molecule has 3 nitrogen and oxygen atoms in total. The molecule has 0 amide bonds. The lowest BCUT2D eigenvalue weighted by atomic mass is 10.1. The lowest BCUT2D eigenvalue weighted by Gasteiger charge is -2.21. The molecule has 90 valence electrons. The lowest BCUT2D eigenvalue weighted by Crippen LogP contribution is -2.29. The van der Waals surface area contributed by atoms with Crippen LogP contribution >= 0.6 is 0 Å². The minimum absolute atomic E-state index is 0.0558. The zero-order chi connectivity index (χ0) is 12.0. The van der Waals surface area contributed by atoms with E-state index in [2.05, 4.69) is 0 Å². The van der Waals surface area contributed by atoms with Crippen LogP contribution in [0.25, 0.3) is 0 Å². The highest BCUT2D eigenvalue weighted by Gasteiger charge is 2.07. The first-order valence-corrected chi connectivity index (χ1v) is 5.36. The van der Waals surface area contributed by atoms with Gasteiger partial charge in [-0.3, -0.25) is 4.90 Å². The summed E-state index contributed by atoms with van der Waals surface area (Å²) in [5.41, 5.74) is 1.91. The molecule has 0 spiro atoms. The van der Waals surface area contributed by atoms with E-state index in [1.54, 1.807) is 6.07 Å². The zero-order valence-electron chi connectivity index (χ0n) is 9.49. The summed E-state index contributed by atoms with van der Waals surface area (Å²) in [6.45, 7) is 3.61. The summed E-state index contributed by atoms with van der Waals surface area (Å²) >= 11 is 0. The maximum absolute atomic E-state index is 12.9. The standard InChI is InChI=1S/C12H18FNO2/c1-10-8-12(13)3-2-11(10)9-14(4-6-15)5-7-16/h2-3,8,15-16H,4-7,9H2,1H3. The van der Waals surface area contributed by atoms with E-state index in [0.29, 0.717) is 19.6 Å². The molecule has 0 aliphatic carbocycles. The highest BCUT2D eigenvalue weighted by atomic mass is 19.1. The van der Waals surface area contributed by atoms with Gasteiger partial charge in [-0.15, -0.1) is 0 Å². The van der Waals surface area contributed by atoms with Gasteiger partial charge in [0, 0.05) is 19.6 Å². The highest BCUT2D eigenvalue weighted by Crippen LogP contribution is 2.12. The van der Waals surface area contributed by atoms with Crippen LogP contribution in [-0.2, 0) is 6.54 Å². The minimum atomic E-state index is -0.239. The largest absolute Gasteiger partial charge is 0.395 e. The normalized spacial score (nSPS) is 11.1. The van der Waals surface area contributed by atoms with Crippen molar-refractivity contribution in [2.24, 2.45) is 0 Å². The summed E-state index contributed by atoms with van der Waals surface area (Å²) in [7, 11) is 0. The summed E-state index contributed by atoms with van der Waals surface area (Å²) < 4.78 is 12.9. The molecular formula is C12H18FNO2. The summed E-state index contributed by atoms with van der Waals surface area (Å²) in [6, 6.07) is 4.66. The molecule has 0 bridgehead atoms.